The molecule has 0 saturated carbocycles. The first-order valence-electron chi connectivity index (χ1n) is 3.25. The van der Waals surface area contributed by atoms with E-state index in [4.69, 9.17) is 0 Å². The van der Waals surface area contributed by atoms with Gasteiger partial charge in [-0.3, -0.25) is 0 Å². The molecule has 0 aromatic carbocycles. The molecule has 0 aromatic rings. The number of rotatable bonds is 0. The predicted octanol–water partition coefficient (Wildman–Crippen LogP) is 2.14. The molecule has 0 fully saturated rings. The fourth-order valence-electron chi connectivity index (χ4n) is 1.32. The third kappa shape index (κ3) is 0.525. The van der Waals surface area contributed by atoms with E-state index in [0.717, 1.165) is 11.8 Å². The SMILES string of the molecule is CC1C=CC2C=C2C1. The van der Waals surface area contributed by atoms with E-state index in [1.54, 1.807) is 5.57 Å². The monoisotopic (exact) mass is 106 g/mol. The first kappa shape index (κ1) is 4.37. The lowest BCUT2D eigenvalue weighted by Gasteiger charge is -2.07. The van der Waals surface area contributed by atoms with Gasteiger partial charge in [-0.05, 0) is 12.3 Å². The highest BCUT2D eigenvalue weighted by atomic mass is 14.3. The van der Waals surface area contributed by atoms with Crippen LogP contribution in [-0.2, 0) is 0 Å². The molecule has 2 unspecified atom stereocenters. The van der Waals surface area contributed by atoms with Crippen LogP contribution in [0.1, 0.15) is 13.3 Å². The van der Waals surface area contributed by atoms with Crippen LogP contribution < -0.4 is 0 Å². The maximum Gasteiger partial charge on any atom is 0.0161 e. The zero-order valence-electron chi connectivity index (χ0n) is 5.09. The molecule has 8 heavy (non-hydrogen) atoms. The topological polar surface area (TPSA) is 0 Å². The van der Waals surface area contributed by atoms with Gasteiger partial charge in [0.05, 0.1) is 0 Å². The van der Waals surface area contributed by atoms with Crippen molar-refractivity contribution in [3.05, 3.63) is 23.8 Å². The number of fused-ring (bicyclic) bond motifs is 1. The fraction of sp³-hybridized carbons (Fsp3) is 0.500. The van der Waals surface area contributed by atoms with E-state index in [-0.39, 0.29) is 0 Å². The largest absolute Gasteiger partial charge is 0.0845 e. The highest BCUT2D eigenvalue weighted by Gasteiger charge is 2.25. The molecule has 0 heterocycles. The molecule has 2 rings (SSSR count). The average Bonchev–Trinajstić information content (AvgIpc) is 2.43. The molecule has 0 saturated heterocycles. The summed E-state index contributed by atoms with van der Waals surface area (Å²) in [6, 6.07) is 0. The standard InChI is InChI=1S/C8H10/c1-6-2-3-7-5-8(7)4-6/h2-3,5-7H,4H2,1H3. The Hall–Kier alpha value is -0.520. The summed E-state index contributed by atoms with van der Waals surface area (Å²) < 4.78 is 0. The van der Waals surface area contributed by atoms with Crippen LogP contribution in [0.2, 0.25) is 0 Å². The van der Waals surface area contributed by atoms with Gasteiger partial charge >= 0.3 is 0 Å². The van der Waals surface area contributed by atoms with Crippen molar-refractivity contribution >= 4 is 0 Å². The molecule has 0 N–H and O–H groups in total. The zero-order valence-corrected chi connectivity index (χ0v) is 5.09. The molecule has 2 atom stereocenters. The van der Waals surface area contributed by atoms with E-state index in [9.17, 15) is 0 Å². The van der Waals surface area contributed by atoms with Crippen LogP contribution >= 0.6 is 0 Å². The summed E-state index contributed by atoms with van der Waals surface area (Å²) in [6.07, 6.45) is 8.29. The Labute approximate surface area is 49.9 Å². The Balaban J connectivity index is 2.18. The molecule has 2 aliphatic carbocycles. The van der Waals surface area contributed by atoms with Gasteiger partial charge in [-0.25, -0.2) is 0 Å². The summed E-state index contributed by atoms with van der Waals surface area (Å²) in [6.45, 7) is 2.27. The third-order valence-corrected chi connectivity index (χ3v) is 1.92. The van der Waals surface area contributed by atoms with E-state index in [1.165, 1.54) is 6.42 Å². The van der Waals surface area contributed by atoms with E-state index in [2.05, 4.69) is 25.2 Å². The van der Waals surface area contributed by atoms with Gasteiger partial charge in [0.1, 0.15) is 0 Å². The Kier molecular flexibility index (Phi) is 0.682. The van der Waals surface area contributed by atoms with E-state index < -0.39 is 0 Å². The van der Waals surface area contributed by atoms with Gasteiger partial charge < -0.3 is 0 Å². The van der Waals surface area contributed by atoms with Crippen molar-refractivity contribution in [3.8, 4) is 0 Å². The second kappa shape index (κ2) is 1.25. The second-order valence-electron chi connectivity index (χ2n) is 2.83. The minimum absolute atomic E-state index is 0.797. The highest BCUT2D eigenvalue weighted by molar-refractivity contribution is 5.38. The van der Waals surface area contributed by atoms with Crippen LogP contribution in [0.5, 0.6) is 0 Å². The van der Waals surface area contributed by atoms with Crippen molar-refractivity contribution in [2.24, 2.45) is 11.8 Å². The van der Waals surface area contributed by atoms with Gasteiger partial charge in [0.15, 0.2) is 0 Å². The minimum atomic E-state index is 0.797. The minimum Gasteiger partial charge on any atom is -0.0845 e. The van der Waals surface area contributed by atoms with E-state index >= 15 is 0 Å². The van der Waals surface area contributed by atoms with E-state index in [1.807, 2.05) is 0 Å². The third-order valence-electron chi connectivity index (χ3n) is 1.92. The van der Waals surface area contributed by atoms with Gasteiger partial charge in [0.25, 0.3) is 0 Å². The fourth-order valence-corrected chi connectivity index (χ4v) is 1.32. The molecule has 0 amide bonds. The summed E-state index contributed by atoms with van der Waals surface area (Å²) in [5.74, 6) is 1.60. The van der Waals surface area contributed by atoms with Gasteiger partial charge in [0, 0.05) is 5.92 Å². The van der Waals surface area contributed by atoms with Crippen LogP contribution in [0.25, 0.3) is 0 Å². The first-order chi connectivity index (χ1) is 3.86. The van der Waals surface area contributed by atoms with Crippen molar-refractivity contribution < 1.29 is 0 Å². The van der Waals surface area contributed by atoms with Gasteiger partial charge in [-0.1, -0.05) is 30.7 Å². The van der Waals surface area contributed by atoms with Gasteiger partial charge in [-0.2, -0.15) is 0 Å². The number of allylic oxidation sites excluding steroid dienone is 4. The molecule has 0 nitrogen and oxygen atoms in total. The van der Waals surface area contributed by atoms with Crippen LogP contribution in [0.3, 0.4) is 0 Å². The lowest BCUT2D eigenvalue weighted by atomic mass is 9.98. The normalized spacial score (nSPS) is 40.9. The van der Waals surface area contributed by atoms with Crippen molar-refractivity contribution in [3.63, 3.8) is 0 Å². The summed E-state index contributed by atoms with van der Waals surface area (Å²) >= 11 is 0. The van der Waals surface area contributed by atoms with Crippen molar-refractivity contribution in [1.29, 1.82) is 0 Å². The lowest BCUT2D eigenvalue weighted by Crippen LogP contribution is -1.94. The number of hydrogen-bond donors (Lipinski definition) is 0. The average molecular weight is 106 g/mol. The molecular formula is C8H10. The van der Waals surface area contributed by atoms with Crippen molar-refractivity contribution in [2.45, 2.75) is 13.3 Å². The maximum atomic E-state index is 2.35. The molecule has 42 valence electrons. The Morgan fingerprint density at radius 3 is 3.00 bits per heavy atom. The van der Waals surface area contributed by atoms with Crippen LogP contribution in [0, 0.1) is 11.8 Å². The Morgan fingerprint density at radius 1 is 1.50 bits per heavy atom. The zero-order chi connectivity index (χ0) is 5.56. The summed E-state index contributed by atoms with van der Waals surface area (Å²) in [5, 5.41) is 0. The summed E-state index contributed by atoms with van der Waals surface area (Å²) in [7, 11) is 0. The lowest BCUT2D eigenvalue weighted by molar-refractivity contribution is 0.692. The van der Waals surface area contributed by atoms with Crippen LogP contribution in [-0.4, -0.2) is 0 Å². The molecular weight excluding hydrogens is 96.1 g/mol. The first-order valence-corrected chi connectivity index (χ1v) is 3.25. The molecule has 2 aliphatic rings. The van der Waals surface area contributed by atoms with E-state index in [0.29, 0.717) is 0 Å². The molecule has 0 spiro atoms. The second-order valence-corrected chi connectivity index (χ2v) is 2.83. The quantitative estimate of drug-likeness (QED) is 0.415. The van der Waals surface area contributed by atoms with Crippen molar-refractivity contribution in [1.82, 2.24) is 0 Å². The van der Waals surface area contributed by atoms with Crippen LogP contribution in [0.15, 0.2) is 23.8 Å². The van der Waals surface area contributed by atoms with Gasteiger partial charge in [0.2, 0.25) is 0 Å². The number of hydrogen-bond acceptors (Lipinski definition) is 0. The molecule has 0 aromatic heterocycles. The molecule has 0 heteroatoms. The highest BCUT2D eigenvalue weighted by Crippen LogP contribution is 2.39. The Morgan fingerprint density at radius 2 is 2.38 bits per heavy atom. The summed E-state index contributed by atoms with van der Waals surface area (Å²) in [4.78, 5) is 0. The van der Waals surface area contributed by atoms with Gasteiger partial charge in [-0.15, -0.1) is 0 Å². The maximum absolute atomic E-state index is 2.35. The molecule has 0 aliphatic heterocycles. The van der Waals surface area contributed by atoms with Crippen LogP contribution in [0.4, 0.5) is 0 Å². The van der Waals surface area contributed by atoms with Crippen molar-refractivity contribution in [2.75, 3.05) is 0 Å². The Bertz CT molecular complexity index is 163. The molecule has 0 radical (unpaired) electrons. The predicted molar refractivity (Wildman–Crippen MR) is 34.5 cm³/mol. The smallest absolute Gasteiger partial charge is 0.0161 e. The molecule has 0 bridgehead atoms. The summed E-state index contributed by atoms with van der Waals surface area (Å²) in [5.41, 5.74) is 1.67.